The number of benzene rings is 1. The molecule has 2 rings (SSSR count). The van der Waals surface area contributed by atoms with Crippen molar-refractivity contribution in [3.63, 3.8) is 0 Å². The fraction of sp³-hybridized carbons (Fsp3) is 0.0769. The Morgan fingerprint density at radius 2 is 2.10 bits per heavy atom. The van der Waals surface area contributed by atoms with E-state index in [0.29, 0.717) is 26.7 Å². The Kier molecular flexibility index (Phi) is 5.00. The van der Waals surface area contributed by atoms with E-state index in [-0.39, 0.29) is 0 Å². The number of hydrogen-bond acceptors (Lipinski definition) is 3. The van der Waals surface area contributed by atoms with E-state index in [1.54, 1.807) is 37.4 Å². The van der Waals surface area contributed by atoms with E-state index >= 15 is 0 Å². The van der Waals surface area contributed by atoms with Crippen molar-refractivity contribution in [2.45, 2.75) is 0 Å². The van der Waals surface area contributed by atoms with Crippen molar-refractivity contribution in [2.24, 2.45) is 5.10 Å². The second-order valence-electron chi connectivity index (χ2n) is 3.78. The average Bonchev–Trinajstić information content (AvgIpc) is 2.90. The minimum Gasteiger partial charge on any atom is -0.455 e. The monoisotopic (exact) mass is 327 g/mol. The number of hydrazone groups is 1. The summed E-state index contributed by atoms with van der Waals surface area (Å²) in [5, 5.41) is 8.26. The Balaban J connectivity index is 2.16. The van der Waals surface area contributed by atoms with Gasteiger partial charge in [-0.25, -0.2) is 0 Å². The molecule has 0 spiro atoms. The summed E-state index contributed by atoms with van der Waals surface area (Å²) >= 11 is 16.9. The summed E-state index contributed by atoms with van der Waals surface area (Å²) in [7, 11) is 1.71. The molecule has 0 saturated carbocycles. The lowest BCUT2D eigenvalue weighted by molar-refractivity contribution is 0.574. The van der Waals surface area contributed by atoms with Gasteiger partial charge in [0.1, 0.15) is 11.5 Å². The van der Waals surface area contributed by atoms with Crippen LogP contribution in [-0.2, 0) is 0 Å². The molecule has 2 N–H and O–H groups in total. The molecule has 1 aromatic carbocycles. The number of halogens is 2. The van der Waals surface area contributed by atoms with Crippen LogP contribution >= 0.6 is 35.4 Å². The molecule has 2 aromatic rings. The van der Waals surface area contributed by atoms with E-state index < -0.39 is 0 Å². The first-order valence-corrected chi connectivity index (χ1v) is 6.82. The number of hydrogen-bond donors (Lipinski definition) is 2. The van der Waals surface area contributed by atoms with Gasteiger partial charge in [0.05, 0.1) is 11.2 Å². The summed E-state index contributed by atoms with van der Waals surface area (Å²) in [6.07, 6.45) is 1.52. The van der Waals surface area contributed by atoms with Gasteiger partial charge in [-0.15, -0.1) is 0 Å². The van der Waals surface area contributed by atoms with Crippen LogP contribution in [0.2, 0.25) is 10.0 Å². The van der Waals surface area contributed by atoms with Crippen LogP contribution < -0.4 is 10.7 Å². The van der Waals surface area contributed by atoms with Gasteiger partial charge in [-0.3, -0.25) is 5.43 Å². The molecule has 0 aliphatic heterocycles. The maximum absolute atomic E-state index is 6.11. The van der Waals surface area contributed by atoms with Crippen LogP contribution in [0.3, 0.4) is 0 Å². The highest BCUT2D eigenvalue weighted by Gasteiger charge is 2.08. The van der Waals surface area contributed by atoms with Crippen molar-refractivity contribution in [1.82, 2.24) is 10.7 Å². The van der Waals surface area contributed by atoms with Crippen molar-refractivity contribution in [3.05, 3.63) is 46.1 Å². The fourth-order valence-corrected chi connectivity index (χ4v) is 1.90. The Morgan fingerprint density at radius 3 is 2.85 bits per heavy atom. The molecule has 0 unspecified atom stereocenters. The van der Waals surface area contributed by atoms with Crippen molar-refractivity contribution >= 4 is 46.7 Å². The van der Waals surface area contributed by atoms with Crippen LogP contribution in [0, 0.1) is 0 Å². The first-order valence-electron chi connectivity index (χ1n) is 5.66. The van der Waals surface area contributed by atoms with Crippen LogP contribution in [0.1, 0.15) is 5.76 Å². The molecule has 104 valence electrons. The van der Waals surface area contributed by atoms with Crippen molar-refractivity contribution < 1.29 is 4.42 Å². The van der Waals surface area contributed by atoms with Gasteiger partial charge >= 0.3 is 0 Å². The third kappa shape index (κ3) is 3.72. The highest BCUT2D eigenvalue weighted by Crippen LogP contribution is 2.31. The molecule has 7 heteroatoms. The molecule has 0 amide bonds. The van der Waals surface area contributed by atoms with Crippen LogP contribution in [0.15, 0.2) is 39.9 Å². The first-order chi connectivity index (χ1) is 9.60. The van der Waals surface area contributed by atoms with E-state index in [2.05, 4.69) is 15.8 Å². The van der Waals surface area contributed by atoms with Gasteiger partial charge in [-0.1, -0.05) is 23.2 Å². The quantitative estimate of drug-likeness (QED) is 0.513. The summed E-state index contributed by atoms with van der Waals surface area (Å²) in [5.41, 5.74) is 3.37. The summed E-state index contributed by atoms with van der Waals surface area (Å²) in [6.45, 7) is 0. The molecule has 1 aromatic heterocycles. The van der Waals surface area contributed by atoms with Gasteiger partial charge in [0.15, 0.2) is 5.11 Å². The van der Waals surface area contributed by atoms with Crippen molar-refractivity contribution in [1.29, 1.82) is 0 Å². The van der Waals surface area contributed by atoms with Crippen molar-refractivity contribution in [2.75, 3.05) is 7.05 Å². The zero-order chi connectivity index (χ0) is 14.5. The lowest BCUT2D eigenvalue weighted by Gasteiger charge is -2.01. The smallest absolute Gasteiger partial charge is 0.186 e. The molecule has 0 fully saturated rings. The summed E-state index contributed by atoms with van der Waals surface area (Å²) < 4.78 is 5.62. The Labute approximate surface area is 131 Å². The van der Waals surface area contributed by atoms with E-state index in [1.165, 1.54) is 6.21 Å². The molecule has 0 aliphatic rings. The summed E-state index contributed by atoms with van der Waals surface area (Å²) in [6, 6.07) is 8.78. The largest absolute Gasteiger partial charge is 0.455 e. The van der Waals surface area contributed by atoms with E-state index in [0.717, 1.165) is 5.56 Å². The lowest BCUT2D eigenvalue weighted by Crippen LogP contribution is -2.28. The molecule has 1 heterocycles. The lowest BCUT2D eigenvalue weighted by atomic mass is 10.2. The number of furan rings is 1. The molecule has 4 nitrogen and oxygen atoms in total. The maximum Gasteiger partial charge on any atom is 0.186 e. The second kappa shape index (κ2) is 6.74. The number of nitrogens with one attached hydrogen (secondary N) is 2. The van der Waals surface area contributed by atoms with E-state index in [4.69, 9.17) is 39.8 Å². The summed E-state index contributed by atoms with van der Waals surface area (Å²) in [4.78, 5) is 0. The maximum atomic E-state index is 6.11. The molecular formula is C13H11Cl2N3OS. The number of nitrogens with zero attached hydrogens (tertiary/aromatic N) is 1. The third-order valence-electron chi connectivity index (χ3n) is 2.41. The van der Waals surface area contributed by atoms with Crippen LogP contribution in [-0.4, -0.2) is 18.4 Å². The van der Waals surface area contributed by atoms with Crippen LogP contribution in [0.25, 0.3) is 11.3 Å². The van der Waals surface area contributed by atoms with Gasteiger partial charge in [0.2, 0.25) is 0 Å². The van der Waals surface area contributed by atoms with Gasteiger partial charge < -0.3 is 9.73 Å². The molecule has 0 radical (unpaired) electrons. The van der Waals surface area contributed by atoms with Gasteiger partial charge in [0, 0.05) is 17.6 Å². The Bertz CT molecular complexity index is 655. The zero-order valence-corrected chi connectivity index (χ0v) is 12.8. The molecular weight excluding hydrogens is 317 g/mol. The molecule has 0 aliphatic carbocycles. The van der Waals surface area contributed by atoms with Crippen LogP contribution in [0.4, 0.5) is 0 Å². The van der Waals surface area contributed by atoms with Gasteiger partial charge in [-0.2, -0.15) is 5.10 Å². The van der Waals surface area contributed by atoms with Gasteiger partial charge in [-0.05, 0) is 42.5 Å². The highest BCUT2D eigenvalue weighted by molar-refractivity contribution is 7.80. The standard InChI is InChI=1S/C13H11Cl2N3OS/c1-16-13(20)18-17-7-9-3-5-12(19-9)10-6-8(14)2-4-11(10)15/h2-7H,1H3,(H2,16,18,20). The minimum absolute atomic E-state index is 0.422. The molecule has 0 saturated heterocycles. The predicted octanol–water partition coefficient (Wildman–Crippen LogP) is 3.68. The molecule has 0 atom stereocenters. The number of rotatable bonds is 3. The van der Waals surface area contributed by atoms with E-state index in [9.17, 15) is 0 Å². The topological polar surface area (TPSA) is 49.6 Å². The van der Waals surface area contributed by atoms with Gasteiger partial charge in [0.25, 0.3) is 0 Å². The highest BCUT2D eigenvalue weighted by atomic mass is 35.5. The first kappa shape index (κ1) is 14.8. The predicted molar refractivity (Wildman–Crippen MR) is 86.6 cm³/mol. The zero-order valence-electron chi connectivity index (χ0n) is 10.5. The van der Waals surface area contributed by atoms with Crippen molar-refractivity contribution in [3.8, 4) is 11.3 Å². The SMILES string of the molecule is CNC(=S)NN=Cc1ccc(-c2cc(Cl)ccc2Cl)o1. The normalized spacial score (nSPS) is 10.8. The molecule has 0 bridgehead atoms. The fourth-order valence-electron chi connectivity index (χ4n) is 1.46. The molecule has 20 heavy (non-hydrogen) atoms. The van der Waals surface area contributed by atoms with Crippen LogP contribution in [0.5, 0.6) is 0 Å². The third-order valence-corrected chi connectivity index (χ3v) is 3.27. The Morgan fingerprint density at radius 1 is 1.30 bits per heavy atom. The number of thiocarbonyl (C=S) groups is 1. The minimum atomic E-state index is 0.422. The van der Waals surface area contributed by atoms with E-state index in [1.807, 2.05) is 0 Å². The second-order valence-corrected chi connectivity index (χ2v) is 5.03. The average molecular weight is 328 g/mol. The Hall–Kier alpha value is -1.56. The summed E-state index contributed by atoms with van der Waals surface area (Å²) in [5.74, 6) is 1.19.